The van der Waals surface area contributed by atoms with Gasteiger partial charge in [-0.05, 0) is 0 Å². The largest absolute Gasteiger partial charge is 0.470 e. The van der Waals surface area contributed by atoms with E-state index in [0.717, 1.165) is 0 Å². The van der Waals surface area contributed by atoms with Crippen molar-refractivity contribution in [3.63, 3.8) is 0 Å². The molecular formula is C6H13O9P. The van der Waals surface area contributed by atoms with Gasteiger partial charge < -0.3 is 34.9 Å². The minimum Gasteiger partial charge on any atom is -0.394 e. The summed E-state index contributed by atoms with van der Waals surface area (Å²) in [6, 6.07) is 0. The second kappa shape index (κ2) is 5.05. The summed E-state index contributed by atoms with van der Waals surface area (Å²) in [5, 5.41) is 36.7. The molecular weight excluding hydrogens is 247 g/mol. The van der Waals surface area contributed by atoms with Crippen LogP contribution in [-0.2, 0) is 13.8 Å². The Kier molecular flexibility index (Phi) is 4.41. The predicted octanol–water partition coefficient (Wildman–Crippen LogP) is -3.10. The zero-order chi connectivity index (χ0) is 12.5. The monoisotopic (exact) mass is 260 g/mol. The maximum Gasteiger partial charge on any atom is 0.470 e. The van der Waals surface area contributed by atoms with Crippen molar-refractivity contribution in [2.24, 2.45) is 0 Å². The molecule has 1 rings (SSSR count). The van der Waals surface area contributed by atoms with E-state index in [1.165, 1.54) is 0 Å². The fourth-order valence-electron chi connectivity index (χ4n) is 1.34. The Bertz CT molecular complexity index is 277. The van der Waals surface area contributed by atoms with Crippen molar-refractivity contribution >= 4 is 7.82 Å². The van der Waals surface area contributed by atoms with Crippen LogP contribution in [0.1, 0.15) is 0 Å². The highest BCUT2D eigenvalue weighted by atomic mass is 31.2. The minimum atomic E-state index is -4.94. The molecule has 16 heavy (non-hydrogen) atoms. The predicted molar refractivity (Wildman–Crippen MR) is 46.9 cm³/mol. The van der Waals surface area contributed by atoms with Gasteiger partial charge in [0, 0.05) is 0 Å². The lowest BCUT2D eigenvalue weighted by atomic mass is 9.99. The van der Waals surface area contributed by atoms with Crippen LogP contribution in [0.15, 0.2) is 0 Å². The van der Waals surface area contributed by atoms with Crippen LogP contribution >= 0.6 is 7.82 Å². The number of aliphatic hydroxyl groups excluding tert-OH is 4. The summed E-state index contributed by atoms with van der Waals surface area (Å²) >= 11 is 0. The lowest BCUT2D eigenvalue weighted by Gasteiger charge is -2.39. The van der Waals surface area contributed by atoms with Crippen LogP contribution < -0.4 is 0 Å². The first-order chi connectivity index (χ1) is 7.26. The first-order valence-corrected chi connectivity index (χ1v) is 5.83. The molecule has 1 heterocycles. The number of rotatable bonds is 3. The Morgan fingerprint density at radius 3 is 2.19 bits per heavy atom. The zero-order valence-electron chi connectivity index (χ0n) is 7.95. The van der Waals surface area contributed by atoms with E-state index in [1.54, 1.807) is 0 Å². The highest BCUT2D eigenvalue weighted by molar-refractivity contribution is 7.46. The Morgan fingerprint density at radius 1 is 1.19 bits per heavy atom. The van der Waals surface area contributed by atoms with Crippen LogP contribution in [0.4, 0.5) is 0 Å². The first kappa shape index (κ1) is 14.0. The topological polar surface area (TPSA) is 157 Å². The van der Waals surface area contributed by atoms with Crippen LogP contribution in [0.5, 0.6) is 0 Å². The third-order valence-corrected chi connectivity index (χ3v) is 2.62. The quantitative estimate of drug-likeness (QED) is 0.289. The number of aliphatic hydroxyl groups is 4. The molecule has 10 heteroatoms. The standard InChI is InChI=1S/C6H13O9P/c7-1-2-3(8)4(9)5(6(10)14-2)15-16(11,12)13/h2-10H,1H2,(H2,11,12,13)/t2-,3+,4+,5-,6-/m1/s1. The molecule has 1 aliphatic heterocycles. The van der Waals surface area contributed by atoms with Crippen LogP contribution in [0.2, 0.25) is 0 Å². The number of ether oxygens (including phenoxy) is 1. The Labute approximate surface area is 90.1 Å². The molecule has 0 saturated carbocycles. The second-order valence-electron chi connectivity index (χ2n) is 3.29. The van der Waals surface area contributed by atoms with Gasteiger partial charge >= 0.3 is 7.82 Å². The lowest BCUT2D eigenvalue weighted by molar-refractivity contribution is -0.282. The number of hydrogen-bond donors (Lipinski definition) is 6. The molecule has 5 atom stereocenters. The van der Waals surface area contributed by atoms with Crippen molar-refractivity contribution in [1.82, 2.24) is 0 Å². The van der Waals surface area contributed by atoms with Gasteiger partial charge in [-0.2, -0.15) is 0 Å². The molecule has 0 bridgehead atoms. The van der Waals surface area contributed by atoms with Gasteiger partial charge in [-0.15, -0.1) is 0 Å². The maximum atomic E-state index is 10.5. The number of hydrogen-bond acceptors (Lipinski definition) is 7. The molecule has 0 aliphatic carbocycles. The van der Waals surface area contributed by atoms with E-state index in [-0.39, 0.29) is 0 Å². The van der Waals surface area contributed by atoms with Gasteiger partial charge in [0.15, 0.2) is 6.29 Å². The highest BCUT2D eigenvalue weighted by Gasteiger charge is 2.46. The molecule has 1 fully saturated rings. The molecule has 1 aliphatic rings. The molecule has 1 saturated heterocycles. The van der Waals surface area contributed by atoms with Crippen molar-refractivity contribution in [2.45, 2.75) is 30.7 Å². The van der Waals surface area contributed by atoms with Crippen molar-refractivity contribution in [1.29, 1.82) is 0 Å². The molecule has 0 aromatic carbocycles. The SMILES string of the molecule is O=P(O)(O)O[C@@H]1[C@@H](O)[C@@H](O)[C@@H](CO)O[C@H]1O. The van der Waals surface area contributed by atoms with Crippen LogP contribution in [-0.4, -0.2) is 67.5 Å². The summed E-state index contributed by atoms with van der Waals surface area (Å²) in [5.74, 6) is 0. The van der Waals surface area contributed by atoms with E-state index in [0.29, 0.717) is 0 Å². The molecule has 0 amide bonds. The molecule has 6 N–H and O–H groups in total. The molecule has 96 valence electrons. The van der Waals surface area contributed by atoms with Crippen molar-refractivity contribution in [3.8, 4) is 0 Å². The van der Waals surface area contributed by atoms with Crippen LogP contribution in [0, 0.1) is 0 Å². The first-order valence-electron chi connectivity index (χ1n) is 4.30. The third kappa shape index (κ3) is 3.20. The molecule has 0 unspecified atom stereocenters. The summed E-state index contributed by atoms with van der Waals surface area (Å²) in [5.41, 5.74) is 0. The highest BCUT2D eigenvalue weighted by Crippen LogP contribution is 2.40. The fraction of sp³-hybridized carbons (Fsp3) is 1.00. The average Bonchev–Trinajstić information content (AvgIpc) is 2.17. The Balaban J connectivity index is 2.76. The van der Waals surface area contributed by atoms with Crippen molar-refractivity contribution in [3.05, 3.63) is 0 Å². The summed E-state index contributed by atoms with van der Waals surface area (Å²) in [4.78, 5) is 17.0. The third-order valence-electron chi connectivity index (χ3n) is 2.10. The summed E-state index contributed by atoms with van der Waals surface area (Å²) in [6.07, 6.45) is -8.30. The van der Waals surface area contributed by atoms with E-state index >= 15 is 0 Å². The van der Waals surface area contributed by atoms with Gasteiger partial charge in [-0.25, -0.2) is 4.57 Å². The van der Waals surface area contributed by atoms with Crippen molar-refractivity contribution < 1.29 is 44.0 Å². The Morgan fingerprint density at radius 2 is 1.75 bits per heavy atom. The smallest absolute Gasteiger partial charge is 0.394 e. The van der Waals surface area contributed by atoms with Gasteiger partial charge in [0.1, 0.15) is 24.4 Å². The molecule has 0 aromatic rings. The number of phosphoric acid groups is 1. The fourth-order valence-corrected chi connectivity index (χ4v) is 1.89. The summed E-state index contributed by atoms with van der Waals surface area (Å²) in [7, 11) is -4.94. The van der Waals surface area contributed by atoms with Crippen LogP contribution in [0.3, 0.4) is 0 Å². The van der Waals surface area contributed by atoms with Gasteiger partial charge in [-0.3, -0.25) is 4.52 Å². The van der Waals surface area contributed by atoms with Gasteiger partial charge in [0.2, 0.25) is 0 Å². The van der Waals surface area contributed by atoms with Gasteiger partial charge in [0.25, 0.3) is 0 Å². The summed E-state index contributed by atoms with van der Waals surface area (Å²) in [6.45, 7) is -0.669. The number of phosphoric ester groups is 1. The van der Waals surface area contributed by atoms with Gasteiger partial charge in [-0.1, -0.05) is 0 Å². The molecule has 0 radical (unpaired) electrons. The van der Waals surface area contributed by atoms with E-state index in [1.807, 2.05) is 0 Å². The van der Waals surface area contributed by atoms with Gasteiger partial charge in [0.05, 0.1) is 6.61 Å². The molecule has 0 aromatic heterocycles. The molecule has 9 nitrogen and oxygen atoms in total. The maximum absolute atomic E-state index is 10.5. The minimum absolute atomic E-state index is 0.669. The van der Waals surface area contributed by atoms with E-state index in [9.17, 15) is 19.9 Å². The lowest BCUT2D eigenvalue weighted by Crippen LogP contribution is -2.59. The molecule has 0 spiro atoms. The van der Waals surface area contributed by atoms with E-state index < -0.39 is 45.1 Å². The van der Waals surface area contributed by atoms with Crippen LogP contribution in [0.25, 0.3) is 0 Å². The Hall–Kier alpha value is -0.0900. The summed E-state index contributed by atoms with van der Waals surface area (Å²) < 4.78 is 19.2. The van der Waals surface area contributed by atoms with E-state index in [2.05, 4.69) is 9.26 Å². The zero-order valence-corrected chi connectivity index (χ0v) is 8.84. The average molecular weight is 260 g/mol. The normalized spacial score (nSPS) is 41.0. The second-order valence-corrected chi connectivity index (χ2v) is 4.48. The van der Waals surface area contributed by atoms with Crippen molar-refractivity contribution in [2.75, 3.05) is 6.61 Å². The van der Waals surface area contributed by atoms with E-state index in [4.69, 9.17) is 14.9 Å².